The molecule has 258 valence electrons. The molecule has 0 saturated carbocycles. The maximum atomic E-state index is 14.5. The van der Waals surface area contributed by atoms with Gasteiger partial charge in [-0.25, -0.2) is 0 Å². The van der Waals surface area contributed by atoms with Crippen molar-refractivity contribution in [3.63, 3.8) is 0 Å². The third-order valence-corrected chi connectivity index (χ3v) is 9.97. The van der Waals surface area contributed by atoms with Gasteiger partial charge in [-0.05, 0) is 51.0 Å². The molecule has 47 heavy (non-hydrogen) atoms. The largest absolute Gasteiger partial charge is 0.463 e. The van der Waals surface area contributed by atoms with Crippen molar-refractivity contribution in [1.29, 1.82) is 0 Å². The lowest BCUT2D eigenvalue weighted by molar-refractivity contribution is -0.149. The van der Waals surface area contributed by atoms with Gasteiger partial charge in [0.1, 0.15) is 18.2 Å². The number of fused-ring (bicyclic) bond motifs is 1. The molecule has 0 radical (unpaired) electrons. The highest BCUT2D eigenvalue weighted by Gasteiger charge is 2.74. The summed E-state index contributed by atoms with van der Waals surface area (Å²) in [5, 5.41) is 12.3. The molecule has 10 heteroatoms. The number of unbranched alkanes of at least 4 members (excludes halogenated alkanes) is 3. The van der Waals surface area contributed by atoms with Crippen molar-refractivity contribution in [2.75, 3.05) is 26.3 Å². The summed E-state index contributed by atoms with van der Waals surface area (Å²) >= 11 is 0. The molecule has 3 fully saturated rings. The number of nitrogens with zero attached hydrogens (tertiary/aromatic N) is 2. The Morgan fingerprint density at radius 2 is 1.91 bits per heavy atom. The maximum absolute atomic E-state index is 14.5. The minimum Gasteiger partial charge on any atom is -0.463 e. The van der Waals surface area contributed by atoms with Crippen LogP contribution < -0.4 is 5.32 Å². The van der Waals surface area contributed by atoms with Crippen LogP contribution in [0.25, 0.3) is 0 Å². The minimum atomic E-state index is -1.10. The van der Waals surface area contributed by atoms with E-state index in [-0.39, 0.29) is 49.4 Å². The number of benzene rings is 1. The van der Waals surface area contributed by atoms with Crippen LogP contribution in [-0.2, 0) is 28.7 Å². The van der Waals surface area contributed by atoms with Crippen molar-refractivity contribution < 1.29 is 33.8 Å². The average molecular weight is 652 g/mol. The van der Waals surface area contributed by atoms with Gasteiger partial charge >= 0.3 is 5.97 Å². The zero-order valence-electron chi connectivity index (χ0n) is 28.1. The van der Waals surface area contributed by atoms with Crippen molar-refractivity contribution in [2.45, 2.75) is 108 Å². The van der Waals surface area contributed by atoms with Crippen LogP contribution in [0.4, 0.5) is 0 Å². The fourth-order valence-electron chi connectivity index (χ4n) is 7.72. The molecule has 3 amide bonds. The number of likely N-dealkylation sites (tertiary alicyclic amines) is 1. The van der Waals surface area contributed by atoms with Crippen LogP contribution in [-0.4, -0.2) is 88.7 Å². The predicted molar refractivity (Wildman–Crippen MR) is 179 cm³/mol. The van der Waals surface area contributed by atoms with Gasteiger partial charge in [0.15, 0.2) is 0 Å². The molecule has 3 saturated heterocycles. The van der Waals surface area contributed by atoms with E-state index in [1.165, 1.54) is 0 Å². The minimum absolute atomic E-state index is 0.0547. The second-order valence-electron chi connectivity index (χ2n) is 13.1. The number of ether oxygens (including phenoxy) is 2. The van der Waals surface area contributed by atoms with Crippen LogP contribution in [0.15, 0.2) is 55.6 Å². The summed E-state index contributed by atoms with van der Waals surface area (Å²) in [6.07, 6.45) is 9.34. The van der Waals surface area contributed by atoms with Gasteiger partial charge in [-0.1, -0.05) is 68.7 Å². The first-order valence-electron chi connectivity index (χ1n) is 17.4. The van der Waals surface area contributed by atoms with E-state index in [0.717, 1.165) is 31.2 Å². The summed E-state index contributed by atoms with van der Waals surface area (Å²) in [7, 11) is 0. The number of amides is 3. The third-order valence-electron chi connectivity index (χ3n) is 9.97. The summed E-state index contributed by atoms with van der Waals surface area (Å²) < 4.78 is 12.2. The van der Waals surface area contributed by atoms with Gasteiger partial charge < -0.3 is 29.7 Å². The van der Waals surface area contributed by atoms with Crippen LogP contribution in [0.1, 0.15) is 89.7 Å². The second-order valence-corrected chi connectivity index (χ2v) is 13.1. The molecule has 10 nitrogen and oxygen atoms in total. The molecule has 2 N–H and O–H groups in total. The van der Waals surface area contributed by atoms with E-state index < -0.39 is 35.6 Å². The first-order valence-corrected chi connectivity index (χ1v) is 17.4. The number of allylic oxidation sites excluding steroid dienone is 1. The van der Waals surface area contributed by atoms with Gasteiger partial charge in [0.05, 0.1) is 24.0 Å². The zero-order chi connectivity index (χ0) is 34.0. The molecule has 1 aromatic rings. The first-order chi connectivity index (χ1) is 22.7. The van der Waals surface area contributed by atoms with Gasteiger partial charge in [0.25, 0.3) is 0 Å². The Balaban J connectivity index is 1.62. The summed E-state index contributed by atoms with van der Waals surface area (Å²) in [5.41, 5.74) is -0.326. The second kappa shape index (κ2) is 17.1. The van der Waals surface area contributed by atoms with Crippen LogP contribution in [0, 0.1) is 11.8 Å². The van der Waals surface area contributed by atoms with E-state index in [1.807, 2.05) is 37.3 Å². The van der Waals surface area contributed by atoms with Crippen molar-refractivity contribution in [1.82, 2.24) is 15.1 Å². The van der Waals surface area contributed by atoms with Crippen molar-refractivity contribution in [3.8, 4) is 0 Å². The van der Waals surface area contributed by atoms with E-state index in [0.29, 0.717) is 45.2 Å². The van der Waals surface area contributed by atoms with Crippen LogP contribution in [0.3, 0.4) is 0 Å². The molecule has 1 spiro atoms. The van der Waals surface area contributed by atoms with E-state index >= 15 is 0 Å². The summed E-state index contributed by atoms with van der Waals surface area (Å²) in [6.45, 7) is 12.4. The van der Waals surface area contributed by atoms with Crippen molar-refractivity contribution in [2.24, 2.45) is 11.8 Å². The van der Waals surface area contributed by atoms with Gasteiger partial charge in [-0.15, -0.1) is 13.2 Å². The van der Waals surface area contributed by atoms with Crippen LogP contribution in [0.5, 0.6) is 0 Å². The summed E-state index contributed by atoms with van der Waals surface area (Å²) in [4.78, 5) is 59.0. The monoisotopic (exact) mass is 651 g/mol. The maximum Gasteiger partial charge on any atom is 0.306 e. The number of rotatable bonds is 20. The Morgan fingerprint density at radius 3 is 2.60 bits per heavy atom. The fraction of sp³-hybridized carbons (Fsp3) is 0.622. The van der Waals surface area contributed by atoms with Crippen molar-refractivity contribution >= 4 is 23.7 Å². The lowest BCUT2D eigenvalue weighted by Crippen LogP contribution is -2.58. The van der Waals surface area contributed by atoms with Gasteiger partial charge in [0, 0.05) is 32.2 Å². The van der Waals surface area contributed by atoms with Crippen LogP contribution in [0.2, 0.25) is 0 Å². The number of esters is 1. The Morgan fingerprint density at radius 1 is 1.17 bits per heavy atom. The normalized spacial score (nSPS) is 25.6. The van der Waals surface area contributed by atoms with E-state index in [2.05, 4.69) is 25.4 Å². The van der Waals surface area contributed by atoms with E-state index in [1.54, 1.807) is 22.0 Å². The van der Waals surface area contributed by atoms with E-state index in [4.69, 9.17) is 9.47 Å². The topological polar surface area (TPSA) is 125 Å². The lowest BCUT2D eigenvalue weighted by atomic mass is 9.70. The fourth-order valence-corrected chi connectivity index (χ4v) is 7.72. The SMILES string of the molecule is C=CCCC(=O)OC[C@H](NC(=O)[C@@H]1[C@@H]2CC[C@]3(O2)[C@H](C(=O)N(CC=C)C(C)CCC)N(CCCCCCO)C(=O)[C@@H]13)c1ccccc1. The molecule has 1 aromatic carbocycles. The highest BCUT2D eigenvalue weighted by Crippen LogP contribution is 2.58. The number of carbonyl (C=O) groups is 4. The smallest absolute Gasteiger partial charge is 0.306 e. The Labute approximate surface area is 279 Å². The highest BCUT2D eigenvalue weighted by atomic mass is 16.5. The van der Waals surface area contributed by atoms with Crippen molar-refractivity contribution in [3.05, 3.63) is 61.2 Å². The Hall–Kier alpha value is -3.50. The standard InChI is InChI=1S/C37H53N3O7/c1-5-8-19-30(42)46-25-28(27-17-12-11-13-18-27)38-34(43)31-29-20-21-37(47-29)32(31)35(44)40(23-14-9-10-15-24-41)33(37)36(45)39(22-7-3)26(4)16-6-2/h5,7,11-13,17-18,26,28-29,31-33,41H,1,3,6,8-10,14-16,19-25H2,2,4H3,(H,38,43)/t26?,28-,29-,31+,32+,33-,37+/m0/s1. The zero-order valence-corrected chi connectivity index (χ0v) is 28.1. The van der Waals surface area contributed by atoms with Crippen LogP contribution >= 0.6 is 0 Å². The quantitative estimate of drug-likeness (QED) is 0.121. The van der Waals surface area contributed by atoms with E-state index in [9.17, 15) is 24.3 Å². The number of nitrogens with one attached hydrogen (secondary N) is 1. The lowest BCUT2D eigenvalue weighted by Gasteiger charge is -2.39. The summed E-state index contributed by atoms with van der Waals surface area (Å²) in [6, 6.07) is 7.79. The number of carbonyl (C=O) groups excluding carboxylic acids is 4. The molecule has 7 atom stereocenters. The predicted octanol–water partition coefficient (Wildman–Crippen LogP) is 4.48. The van der Waals surface area contributed by atoms with Gasteiger partial charge in [-0.3, -0.25) is 19.2 Å². The molecule has 1 unspecified atom stereocenters. The molecular weight excluding hydrogens is 598 g/mol. The summed E-state index contributed by atoms with van der Waals surface area (Å²) in [5.74, 6) is -2.69. The third kappa shape index (κ3) is 7.97. The molecule has 3 heterocycles. The van der Waals surface area contributed by atoms with Gasteiger partial charge in [0.2, 0.25) is 17.7 Å². The molecule has 2 bridgehead atoms. The Bertz CT molecular complexity index is 1260. The Kier molecular flexibility index (Phi) is 13.2. The highest BCUT2D eigenvalue weighted by molar-refractivity contribution is 5.99. The molecule has 3 aliphatic heterocycles. The average Bonchev–Trinajstić information content (AvgIpc) is 3.71. The number of aliphatic hydroxyl groups excluding tert-OH is 1. The molecule has 0 aromatic heterocycles. The number of hydrogen-bond acceptors (Lipinski definition) is 7. The number of aliphatic hydroxyl groups is 1. The molecule has 4 rings (SSSR count). The number of hydrogen-bond donors (Lipinski definition) is 2. The molecule has 3 aliphatic rings. The molecular formula is C37H53N3O7. The van der Waals surface area contributed by atoms with Gasteiger partial charge in [-0.2, -0.15) is 0 Å². The first kappa shape index (κ1) is 36.3. The molecule has 0 aliphatic carbocycles.